The van der Waals surface area contributed by atoms with Crippen molar-refractivity contribution in [2.75, 3.05) is 0 Å². The maximum atomic E-state index is 5.34. The van der Waals surface area contributed by atoms with Gasteiger partial charge in [0.05, 0.1) is 0 Å². The molecule has 0 saturated carbocycles. The molecule has 260 valence electrons. The zero-order valence-electron chi connectivity index (χ0n) is 30.0. The van der Waals surface area contributed by atoms with Crippen LogP contribution in [0.15, 0.2) is 182 Å². The Morgan fingerprint density at radius 3 is 1.54 bits per heavy atom. The number of nitrogens with zero attached hydrogens (tertiary/aromatic N) is 4. The van der Waals surface area contributed by atoms with Crippen molar-refractivity contribution in [3.8, 4) is 66.5 Å². The van der Waals surface area contributed by atoms with Gasteiger partial charge in [-0.15, -0.1) is 0 Å². The molecule has 5 heteroatoms. The van der Waals surface area contributed by atoms with Gasteiger partial charge in [0.2, 0.25) is 0 Å². The van der Waals surface area contributed by atoms with Crippen LogP contribution < -0.4 is 0 Å². The van der Waals surface area contributed by atoms with Crippen LogP contribution in [0, 0.1) is 0 Å². The standard InChI is InChI=1S/C51H30N4Se/c1-3-14-31(15-4-1)47-53-48(55-49(54-47)40-22-13-21-39-34(40)28-29-45-46(39)56-50(52-45)32-16-5-2-6-17-32)33-26-27-38-37-20-9-12-25-43(37)51(44(38)30-33)41-23-10-7-18-35(41)36-19-8-11-24-42(36)51/h1-30H. The van der Waals surface area contributed by atoms with Crippen molar-refractivity contribution >= 4 is 35.1 Å². The molecule has 0 saturated heterocycles. The predicted octanol–water partition coefficient (Wildman–Crippen LogP) is 11.6. The fourth-order valence-electron chi connectivity index (χ4n) is 9.22. The molecule has 0 amide bonds. The average molecular weight is 778 g/mol. The van der Waals surface area contributed by atoms with E-state index in [-0.39, 0.29) is 14.5 Å². The van der Waals surface area contributed by atoms with E-state index in [4.69, 9.17) is 19.9 Å². The number of benzene rings is 8. The molecule has 12 rings (SSSR count). The Bertz CT molecular complexity index is 3140. The van der Waals surface area contributed by atoms with E-state index >= 15 is 0 Å². The quantitative estimate of drug-likeness (QED) is 0.167. The van der Waals surface area contributed by atoms with Crippen molar-refractivity contribution in [1.82, 2.24) is 19.9 Å². The van der Waals surface area contributed by atoms with E-state index in [0.717, 1.165) is 32.2 Å². The number of hydrogen-bond donors (Lipinski definition) is 0. The van der Waals surface area contributed by atoms with E-state index in [1.165, 1.54) is 59.7 Å². The number of hydrogen-bond acceptors (Lipinski definition) is 4. The van der Waals surface area contributed by atoms with Crippen LogP contribution in [0.2, 0.25) is 0 Å². The van der Waals surface area contributed by atoms with Crippen LogP contribution in [0.1, 0.15) is 22.3 Å². The molecule has 8 aromatic carbocycles. The summed E-state index contributed by atoms with van der Waals surface area (Å²) in [6.07, 6.45) is 0. The van der Waals surface area contributed by atoms with Gasteiger partial charge in [-0.25, -0.2) is 0 Å². The molecule has 56 heavy (non-hydrogen) atoms. The zero-order valence-corrected chi connectivity index (χ0v) is 31.7. The van der Waals surface area contributed by atoms with Crippen LogP contribution in [0.5, 0.6) is 0 Å². The first-order valence-corrected chi connectivity index (χ1v) is 20.6. The molecule has 2 aliphatic rings. The van der Waals surface area contributed by atoms with Crippen molar-refractivity contribution in [2.24, 2.45) is 0 Å². The van der Waals surface area contributed by atoms with Crippen molar-refractivity contribution in [3.63, 3.8) is 0 Å². The number of fused-ring (bicyclic) bond motifs is 13. The van der Waals surface area contributed by atoms with Gasteiger partial charge in [-0.05, 0) is 11.1 Å². The van der Waals surface area contributed by atoms with E-state index < -0.39 is 5.41 Å². The Balaban J connectivity index is 1.08. The van der Waals surface area contributed by atoms with Crippen LogP contribution in [0.25, 0.3) is 87.1 Å². The molecule has 0 bridgehead atoms. The van der Waals surface area contributed by atoms with Crippen LogP contribution >= 0.6 is 0 Å². The van der Waals surface area contributed by atoms with E-state index in [1.54, 1.807) is 0 Å². The Hall–Kier alpha value is -6.78. The number of aromatic nitrogens is 4. The van der Waals surface area contributed by atoms with Gasteiger partial charge in [-0.2, -0.15) is 0 Å². The Labute approximate surface area is 329 Å². The zero-order chi connectivity index (χ0) is 36.8. The third-order valence-corrected chi connectivity index (χ3v) is 14.0. The summed E-state index contributed by atoms with van der Waals surface area (Å²) in [5.74, 6) is 1.96. The van der Waals surface area contributed by atoms with Crippen LogP contribution in [0.3, 0.4) is 0 Å². The molecule has 2 heterocycles. The molecule has 4 nitrogen and oxygen atoms in total. The van der Waals surface area contributed by atoms with E-state index in [9.17, 15) is 0 Å². The summed E-state index contributed by atoms with van der Waals surface area (Å²) < 4.78 is 2.46. The number of rotatable bonds is 4. The summed E-state index contributed by atoms with van der Waals surface area (Å²) in [7, 11) is 0. The van der Waals surface area contributed by atoms with E-state index in [1.807, 2.05) is 18.2 Å². The third kappa shape index (κ3) is 4.47. The Kier molecular flexibility index (Phi) is 6.83. The Morgan fingerprint density at radius 2 is 0.875 bits per heavy atom. The summed E-state index contributed by atoms with van der Waals surface area (Å²) >= 11 is 0.0731. The van der Waals surface area contributed by atoms with Gasteiger partial charge < -0.3 is 0 Å². The summed E-state index contributed by atoms with van der Waals surface area (Å²) in [4.78, 5) is 20.8. The van der Waals surface area contributed by atoms with Crippen molar-refractivity contribution in [1.29, 1.82) is 0 Å². The minimum atomic E-state index is -0.453. The normalized spacial score (nSPS) is 13.1. The molecule has 10 aromatic rings. The topological polar surface area (TPSA) is 51.6 Å². The molecular formula is C51H30N4Se. The van der Waals surface area contributed by atoms with Crippen LogP contribution in [-0.2, 0) is 5.41 Å². The second-order valence-corrected chi connectivity index (χ2v) is 16.6. The predicted molar refractivity (Wildman–Crippen MR) is 228 cm³/mol. The van der Waals surface area contributed by atoms with Gasteiger partial charge in [0, 0.05) is 0 Å². The van der Waals surface area contributed by atoms with Crippen molar-refractivity contribution in [3.05, 3.63) is 204 Å². The molecule has 0 N–H and O–H groups in total. The van der Waals surface area contributed by atoms with E-state index in [2.05, 4.69) is 164 Å². The van der Waals surface area contributed by atoms with Crippen molar-refractivity contribution < 1.29 is 0 Å². The first kappa shape index (κ1) is 31.6. The molecule has 0 radical (unpaired) electrons. The van der Waals surface area contributed by atoms with Gasteiger partial charge >= 0.3 is 247 Å². The molecule has 0 unspecified atom stereocenters. The first-order chi connectivity index (χ1) is 27.8. The first-order valence-electron chi connectivity index (χ1n) is 18.9. The molecule has 1 spiro atoms. The SMILES string of the molecule is c1ccc(-c2nc(-c3ccc4c(c3)C3(c5ccccc5-c5ccccc53)c3ccccc3-4)nc(-c3cccc4c3ccc3nc(-c5ccccc5)[se]c34)n2)cc1. The third-order valence-electron chi connectivity index (χ3n) is 11.6. The van der Waals surface area contributed by atoms with Gasteiger partial charge in [-0.3, -0.25) is 0 Å². The van der Waals surface area contributed by atoms with Gasteiger partial charge in [0.25, 0.3) is 0 Å². The molecule has 0 aliphatic heterocycles. The summed E-state index contributed by atoms with van der Waals surface area (Å²) in [6, 6.07) is 65.2. The Morgan fingerprint density at radius 1 is 0.339 bits per heavy atom. The summed E-state index contributed by atoms with van der Waals surface area (Å²) in [5.41, 5.74) is 15.0. The van der Waals surface area contributed by atoms with Gasteiger partial charge in [-0.1, -0.05) is 72.8 Å². The van der Waals surface area contributed by atoms with Gasteiger partial charge in [0.15, 0.2) is 0 Å². The maximum absolute atomic E-state index is 5.34. The molecule has 2 aliphatic carbocycles. The molecule has 0 fully saturated rings. The second-order valence-electron chi connectivity index (χ2n) is 14.5. The van der Waals surface area contributed by atoms with Crippen LogP contribution in [-0.4, -0.2) is 34.4 Å². The fraction of sp³-hybridized carbons (Fsp3) is 0.0196. The average Bonchev–Trinajstić information content (AvgIpc) is 3.94. The fourth-order valence-corrected chi connectivity index (χ4v) is 11.5. The second kappa shape index (κ2) is 12.1. The summed E-state index contributed by atoms with van der Waals surface area (Å²) in [6.45, 7) is 0. The molecule has 2 aromatic heterocycles. The monoisotopic (exact) mass is 778 g/mol. The van der Waals surface area contributed by atoms with Crippen LogP contribution in [0.4, 0.5) is 0 Å². The van der Waals surface area contributed by atoms with E-state index in [0.29, 0.717) is 17.5 Å². The minimum absolute atomic E-state index is 0.0731. The molecule has 0 atom stereocenters. The molecular weight excluding hydrogens is 748 g/mol. The van der Waals surface area contributed by atoms with Gasteiger partial charge in [0.1, 0.15) is 0 Å². The summed E-state index contributed by atoms with van der Waals surface area (Å²) in [5, 5.41) is 2.32. The van der Waals surface area contributed by atoms with Crippen molar-refractivity contribution in [2.45, 2.75) is 5.41 Å².